The largest absolute Gasteiger partial charge is 0.478 e. The number of hydrogen-bond acceptors (Lipinski definition) is 3. The van der Waals surface area contributed by atoms with Gasteiger partial charge in [0.25, 0.3) is 0 Å². The van der Waals surface area contributed by atoms with Gasteiger partial charge in [0.2, 0.25) is 5.12 Å². The zero-order valence-corrected chi connectivity index (χ0v) is 17.2. The van der Waals surface area contributed by atoms with Crippen molar-refractivity contribution in [3.05, 3.63) is 70.3 Å². The molecule has 0 bridgehead atoms. The van der Waals surface area contributed by atoms with E-state index in [0.29, 0.717) is 16.9 Å². The first-order chi connectivity index (χ1) is 12.6. The Labute approximate surface area is 165 Å². The smallest absolute Gasteiger partial charge is 0.335 e. The van der Waals surface area contributed by atoms with E-state index in [1.165, 1.54) is 11.1 Å². The first-order valence-corrected chi connectivity index (χ1v) is 10.2. The van der Waals surface area contributed by atoms with Crippen LogP contribution in [0.5, 0.6) is 0 Å². The van der Waals surface area contributed by atoms with E-state index in [4.69, 9.17) is 0 Å². The number of carbonyl (C=O) groups is 2. The van der Waals surface area contributed by atoms with Crippen molar-refractivity contribution in [3.63, 3.8) is 0 Å². The van der Waals surface area contributed by atoms with Gasteiger partial charge in [-0.25, -0.2) is 4.79 Å². The van der Waals surface area contributed by atoms with Gasteiger partial charge in [-0.3, -0.25) is 4.79 Å². The summed E-state index contributed by atoms with van der Waals surface area (Å²) < 4.78 is 0. The Balaban J connectivity index is 1.84. The Kier molecular flexibility index (Phi) is 5.22. The maximum absolute atomic E-state index is 12.8. The minimum absolute atomic E-state index is 0.0165. The molecule has 1 aliphatic carbocycles. The summed E-state index contributed by atoms with van der Waals surface area (Å²) in [7, 11) is 0. The number of hydrogen-bond donors (Lipinski definition) is 1. The Morgan fingerprint density at radius 2 is 1.59 bits per heavy atom. The van der Waals surface area contributed by atoms with Crippen molar-refractivity contribution < 1.29 is 14.7 Å². The Morgan fingerprint density at radius 3 is 2.26 bits per heavy atom. The van der Waals surface area contributed by atoms with Crippen molar-refractivity contribution in [1.82, 2.24) is 0 Å². The molecule has 142 valence electrons. The van der Waals surface area contributed by atoms with E-state index < -0.39 is 5.97 Å². The van der Waals surface area contributed by atoms with Gasteiger partial charge in [-0.15, -0.1) is 0 Å². The van der Waals surface area contributed by atoms with Gasteiger partial charge < -0.3 is 5.11 Å². The minimum atomic E-state index is -0.962. The summed E-state index contributed by atoms with van der Waals surface area (Å²) in [6.45, 7) is 9.01. The van der Waals surface area contributed by atoms with Crippen molar-refractivity contribution in [2.45, 2.75) is 57.1 Å². The van der Waals surface area contributed by atoms with Crippen molar-refractivity contribution in [2.24, 2.45) is 0 Å². The Bertz CT molecular complexity index is 896. The number of aromatic carboxylic acids is 1. The van der Waals surface area contributed by atoms with Crippen molar-refractivity contribution in [3.8, 4) is 0 Å². The first kappa shape index (κ1) is 19.7. The van der Waals surface area contributed by atoms with Crippen LogP contribution in [0.1, 0.15) is 77.9 Å². The normalized spacial score (nSPS) is 17.2. The van der Waals surface area contributed by atoms with Gasteiger partial charge in [0.1, 0.15) is 0 Å². The van der Waals surface area contributed by atoms with Gasteiger partial charge in [0.05, 0.1) is 5.56 Å². The van der Waals surface area contributed by atoms with Crippen molar-refractivity contribution >= 4 is 22.8 Å². The van der Waals surface area contributed by atoms with Gasteiger partial charge in [-0.05, 0) is 52.5 Å². The van der Waals surface area contributed by atoms with Crippen LogP contribution in [0, 0.1) is 0 Å². The fourth-order valence-corrected chi connectivity index (χ4v) is 4.63. The maximum Gasteiger partial charge on any atom is 0.335 e. The summed E-state index contributed by atoms with van der Waals surface area (Å²) in [6.07, 6.45) is 2.24. The molecule has 3 rings (SSSR count). The monoisotopic (exact) mass is 382 g/mol. The van der Waals surface area contributed by atoms with E-state index >= 15 is 0 Å². The summed E-state index contributed by atoms with van der Waals surface area (Å²) in [4.78, 5) is 24.1. The third-order valence-electron chi connectivity index (χ3n) is 5.70. The van der Waals surface area contributed by atoms with Gasteiger partial charge in [-0.1, -0.05) is 69.8 Å². The van der Waals surface area contributed by atoms with Crippen LogP contribution in [0.15, 0.2) is 42.5 Å². The lowest BCUT2D eigenvalue weighted by Crippen LogP contribution is -2.34. The number of thioether (sulfide) groups is 1. The summed E-state index contributed by atoms with van der Waals surface area (Å²) in [5.74, 6) is -0.607. The summed E-state index contributed by atoms with van der Waals surface area (Å²) in [5, 5.41) is 9.28. The fraction of sp³-hybridized carbons (Fsp3) is 0.391. The molecular weight excluding hydrogens is 356 g/mol. The summed E-state index contributed by atoms with van der Waals surface area (Å²) in [6, 6.07) is 12.9. The van der Waals surface area contributed by atoms with Crippen molar-refractivity contribution in [2.75, 3.05) is 0 Å². The highest BCUT2D eigenvalue weighted by molar-refractivity contribution is 8.13. The van der Waals surface area contributed by atoms with Gasteiger partial charge in [0.15, 0.2) is 0 Å². The molecule has 27 heavy (non-hydrogen) atoms. The molecule has 1 aliphatic rings. The van der Waals surface area contributed by atoms with Gasteiger partial charge in [0, 0.05) is 11.3 Å². The molecule has 0 aromatic heterocycles. The number of rotatable bonds is 4. The minimum Gasteiger partial charge on any atom is -0.478 e. The molecule has 0 saturated heterocycles. The van der Waals surface area contributed by atoms with E-state index in [1.54, 1.807) is 24.3 Å². The lowest BCUT2D eigenvalue weighted by atomic mass is 9.63. The lowest BCUT2D eigenvalue weighted by molar-refractivity contribution is 0.0695. The lowest BCUT2D eigenvalue weighted by Gasteiger charge is -2.42. The van der Waals surface area contributed by atoms with E-state index in [2.05, 4.69) is 39.8 Å². The SMILES string of the molecule is CC1(C)CCC(C)(C)c2cc(C(=O)SCc3ccccc3C(=O)O)ccc21. The highest BCUT2D eigenvalue weighted by Gasteiger charge is 2.37. The van der Waals surface area contributed by atoms with E-state index in [0.717, 1.165) is 24.6 Å². The summed E-state index contributed by atoms with van der Waals surface area (Å²) >= 11 is 1.16. The average molecular weight is 383 g/mol. The number of benzene rings is 2. The maximum atomic E-state index is 12.8. The van der Waals surface area contributed by atoms with Crippen LogP contribution in [-0.2, 0) is 16.6 Å². The molecule has 2 aromatic rings. The third-order valence-corrected chi connectivity index (χ3v) is 6.65. The highest BCUT2D eigenvalue weighted by atomic mass is 32.2. The van der Waals surface area contributed by atoms with Crippen LogP contribution < -0.4 is 0 Å². The molecule has 0 fully saturated rings. The second-order valence-corrected chi connectivity index (χ2v) is 9.51. The molecule has 0 heterocycles. The van der Waals surface area contributed by atoms with Crippen LogP contribution in [0.25, 0.3) is 0 Å². The zero-order chi connectivity index (χ0) is 19.8. The second-order valence-electron chi connectivity index (χ2n) is 8.57. The third kappa shape index (κ3) is 3.96. The van der Waals surface area contributed by atoms with Gasteiger partial charge in [-0.2, -0.15) is 0 Å². The molecule has 2 aromatic carbocycles. The number of carbonyl (C=O) groups excluding carboxylic acids is 1. The Morgan fingerprint density at radius 1 is 0.963 bits per heavy atom. The second kappa shape index (κ2) is 7.16. The number of fused-ring (bicyclic) bond motifs is 1. The predicted octanol–water partition coefficient (Wildman–Crippen LogP) is 5.81. The van der Waals surface area contributed by atoms with Crippen LogP contribution in [0.3, 0.4) is 0 Å². The molecule has 1 N–H and O–H groups in total. The molecule has 0 spiro atoms. The molecule has 0 atom stereocenters. The Hall–Kier alpha value is -2.07. The molecule has 0 unspecified atom stereocenters. The predicted molar refractivity (Wildman–Crippen MR) is 111 cm³/mol. The highest BCUT2D eigenvalue weighted by Crippen LogP contribution is 2.46. The topological polar surface area (TPSA) is 54.4 Å². The van der Waals surface area contributed by atoms with Crippen molar-refractivity contribution in [1.29, 1.82) is 0 Å². The fourth-order valence-electron chi connectivity index (χ4n) is 3.80. The van der Waals surface area contributed by atoms with Crippen LogP contribution in [0.4, 0.5) is 0 Å². The van der Waals surface area contributed by atoms with E-state index in [9.17, 15) is 14.7 Å². The van der Waals surface area contributed by atoms with E-state index in [1.807, 2.05) is 6.07 Å². The van der Waals surface area contributed by atoms with Crippen LogP contribution >= 0.6 is 11.8 Å². The standard InChI is InChI=1S/C23H26O3S/c1-22(2)11-12-23(3,4)19-13-15(9-10-18(19)22)21(26)27-14-16-7-5-6-8-17(16)20(24)25/h5-10,13H,11-12,14H2,1-4H3,(H,24,25). The molecule has 0 saturated carbocycles. The molecule has 4 heteroatoms. The van der Waals surface area contributed by atoms with Crippen LogP contribution in [-0.4, -0.2) is 16.2 Å². The molecule has 0 aliphatic heterocycles. The van der Waals surface area contributed by atoms with E-state index in [-0.39, 0.29) is 21.5 Å². The summed E-state index contributed by atoms with van der Waals surface area (Å²) in [5.41, 5.74) is 4.39. The first-order valence-electron chi connectivity index (χ1n) is 9.25. The molecular formula is C23H26O3S. The van der Waals surface area contributed by atoms with Gasteiger partial charge >= 0.3 is 5.97 Å². The average Bonchev–Trinajstić information content (AvgIpc) is 2.63. The number of carboxylic acids is 1. The zero-order valence-electron chi connectivity index (χ0n) is 16.3. The molecule has 3 nitrogen and oxygen atoms in total. The quantitative estimate of drug-likeness (QED) is 0.725. The van der Waals surface area contributed by atoms with Crippen LogP contribution in [0.2, 0.25) is 0 Å². The number of carboxylic acid groups (broad SMARTS) is 1. The molecule has 0 radical (unpaired) electrons. The molecule has 0 amide bonds.